The molecule has 0 unspecified atom stereocenters. The molecule has 0 saturated heterocycles. The minimum atomic E-state index is -4.08. The quantitative estimate of drug-likeness (QED) is 0.791. The van der Waals surface area contributed by atoms with Gasteiger partial charge in [-0.1, -0.05) is 62.7 Å². The van der Waals surface area contributed by atoms with Gasteiger partial charge in [-0.3, -0.25) is 4.79 Å². The Morgan fingerprint density at radius 1 is 0.958 bits per heavy atom. The molecule has 0 atom stereocenters. The van der Waals surface area contributed by atoms with Gasteiger partial charge in [0.15, 0.2) is 0 Å². The summed E-state index contributed by atoms with van der Waals surface area (Å²) in [5, 5.41) is 0. The van der Waals surface area contributed by atoms with E-state index >= 15 is 0 Å². The molecule has 0 aliphatic rings. The highest BCUT2D eigenvalue weighted by Crippen LogP contribution is 2.22. The molecule has 0 spiro atoms. The third kappa shape index (κ3) is 4.68. The first-order valence-electron chi connectivity index (χ1n) is 7.71. The smallest absolute Gasteiger partial charge is 0.341 e. The molecule has 24 heavy (non-hydrogen) atoms. The van der Waals surface area contributed by atoms with Crippen LogP contribution in [0.15, 0.2) is 53.4 Å². The molecule has 5 heteroatoms. The Morgan fingerprint density at radius 3 is 2.00 bits per heavy atom. The SMILES string of the molecule is Cc1ccc(S(=O)(=O)OC(=O)Cc2ccc(C(C)(C)C)cc2)cc1. The van der Waals surface area contributed by atoms with E-state index in [9.17, 15) is 13.2 Å². The van der Waals surface area contributed by atoms with E-state index in [2.05, 4.69) is 20.8 Å². The van der Waals surface area contributed by atoms with Gasteiger partial charge in [0, 0.05) is 0 Å². The summed E-state index contributed by atoms with van der Waals surface area (Å²) in [6.45, 7) is 8.16. The summed E-state index contributed by atoms with van der Waals surface area (Å²) in [6, 6.07) is 13.7. The summed E-state index contributed by atoms with van der Waals surface area (Å²) in [7, 11) is -4.08. The van der Waals surface area contributed by atoms with E-state index < -0.39 is 16.1 Å². The van der Waals surface area contributed by atoms with E-state index in [0.29, 0.717) is 5.56 Å². The van der Waals surface area contributed by atoms with Crippen molar-refractivity contribution in [2.24, 2.45) is 0 Å². The molecule has 2 aromatic rings. The van der Waals surface area contributed by atoms with Gasteiger partial charge in [-0.25, -0.2) is 0 Å². The fourth-order valence-electron chi connectivity index (χ4n) is 2.19. The Hall–Kier alpha value is -2.14. The van der Waals surface area contributed by atoms with Gasteiger partial charge < -0.3 is 4.18 Å². The lowest BCUT2D eigenvalue weighted by atomic mass is 9.86. The van der Waals surface area contributed by atoms with E-state index in [1.165, 1.54) is 12.1 Å². The maximum Gasteiger partial charge on any atom is 0.341 e. The maximum atomic E-state index is 12.1. The van der Waals surface area contributed by atoms with Gasteiger partial charge in [0.25, 0.3) is 0 Å². The third-order valence-corrected chi connectivity index (χ3v) is 4.94. The molecule has 0 aliphatic heterocycles. The van der Waals surface area contributed by atoms with Crippen LogP contribution in [0.3, 0.4) is 0 Å². The van der Waals surface area contributed by atoms with Crippen LogP contribution in [-0.4, -0.2) is 14.4 Å². The van der Waals surface area contributed by atoms with E-state index in [1.54, 1.807) is 12.1 Å². The van der Waals surface area contributed by atoms with Gasteiger partial charge in [0.2, 0.25) is 0 Å². The lowest BCUT2D eigenvalue weighted by Crippen LogP contribution is -2.15. The van der Waals surface area contributed by atoms with Crippen molar-refractivity contribution in [2.75, 3.05) is 0 Å². The molecule has 0 fully saturated rings. The molecule has 0 N–H and O–H groups in total. The standard InChI is InChI=1S/C19H22O4S/c1-14-5-11-17(12-6-14)24(21,22)23-18(20)13-15-7-9-16(10-8-15)19(2,3)4/h5-12H,13H2,1-4H3. The number of aryl methyl sites for hydroxylation is 1. The molecule has 0 aliphatic carbocycles. The summed E-state index contributed by atoms with van der Waals surface area (Å²) in [5.74, 6) is -0.793. The summed E-state index contributed by atoms with van der Waals surface area (Å²) < 4.78 is 28.9. The molecule has 128 valence electrons. The third-order valence-electron chi connectivity index (χ3n) is 3.68. The second-order valence-electron chi connectivity index (χ2n) is 6.85. The number of carbonyl (C=O) groups excluding carboxylic acids is 1. The molecule has 2 aromatic carbocycles. The Bertz CT molecular complexity index is 811. The predicted octanol–water partition coefficient (Wildman–Crippen LogP) is 3.77. The fourth-order valence-corrected chi connectivity index (χ4v) is 3.06. The van der Waals surface area contributed by atoms with Crippen LogP contribution >= 0.6 is 0 Å². The Labute approximate surface area is 143 Å². The Morgan fingerprint density at radius 2 is 1.50 bits per heavy atom. The zero-order chi connectivity index (χ0) is 18.0. The molecule has 4 nitrogen and oxygen atoms in total. The second kappa shape index (κ2) is 6.77. The highest BCUT2D eigenvalue weighted by molar-refractivity contribution is 7.87. The van der Waals surface area contributed by atoms with Crippen molar-refractivity contribution in [3.05, 3.63) is 65.2 Å². The largest absolute Gasteiger partial charge is 0.342 e. The number of rotatable bonds is 4. The fraction of sp³-hybridized carbons (Fsp3) is 0.316. The lowest BCUT2D eigenvalue weighted by Gasteiger charge is -2.19. The van der Waals surface area contributed by atoms with E-state index in [1.807, 2.05) is 31.2 Å². The van der Waals surface area contributed by atoms with Crippen LogP contribution in [-0.2, 0) is 30.9 Å². The first-order chi connectivity index (χ1) is 11.1. The van der Waals surface area contributed by atoms with Crippen molar-refractivity contribution in [1.82, 2.24) is 0 Å². The van der Waals surface area contributed by atoms with E-state index in [4.69, 9.17) is 4.18 Å². The van der Waals surface area contributed by atoms with Crippen molar-refractivity contribution in [3.63, 3.8) is 0 Å². The molecule has 0 amide bonds. The van der Waals surface area contributed by atoms with Crippen molar-refractivity contribution in [2.45, 2.75) is 44.4 Å². The average molecular weight is 346 g/mol. The monoisotopic (exact) mass is 346 g/mol. The van der Waals surface area contributed by atoms with Crippen molar-refractivity contribution in [1.29, 1.82) is 0 Å². The van der Waals surface area contributed by atoms with E-state index in [-0.39, 0.29) is 16.7 Å². The van der Waals surface area contributed by atoms with Crippen LogP contribution < -0.4 is 0 Å². The number of hydrogen-bond donors (Lipinski definition) is 0. The minimum absolute atomic E-state index is 0.0216. The number of benzene rings is 2. The van der Waals surface area contributed by atoms with Gasteiger partial charge in [-0.05, 0) is 35.6 Å². The molecule has 0 saturated carbocycles. The van der Waals surface area contributed by atoms with Crippen LogP contribution in [0.4, 0.5) is 0 Å². The highest BCUT2D eigenvalue weighted by atomic mass is 32.2. The summed E-state index contributed by atoms with van der Waals surface area (Å²) in [5.41, 5.74) is 2.81. The normalized spacial score (nSPS) is 12.0. The molecular formula is C19H22O4S. The highest BCUT2D eigenvalue weighted by Gasteiger charge is 2.20. The lowest BCUT2D eigenvalue weighted by molar-refractivity contribution is -0.133. The topological polar surface area (TPSA) is 60.4 Å². The van der Waals surface area contributed by atoms with E-state index in [0.717, 1.165) is 11.1 Å². The zero-order valence-electron chi connectivity index (χ0n) is 14.4. The first-order valence-corrected chi connectivity index (χ1v) is 9.12. The molecule has 2 rings (SSSR count). The molecule has 0 radical (unpaired) electrons. The Balaban J connectivity index is 2.06. The van der Waals surface area contributed by atoms with Gasteiger partial charge in [-0.2, -0.15) is 8.42 Å². The minimum Gasteiger partial charge on any atom is -0.342 e. The van der Waals surface area contributed by atoms with Gasteiger partial charge in [0.1, 0.15) is 4.90 Å². The van der Waals surface area contributed by atoms with Gasteiger partial charge in [-0.15, -0.1) is 0 Å². The number of hydrogen-bond acceptors (Lipinski definition) is 4. The molecular weight excluding hydrogens is 324 g/mol. The van der Waals surface area contributed by atoms with Crippen LogP contribution in [0.25, 0.3) is 0 Å². The zero-order valence-corrected chi connectivity index (χ0v) is 15.2. The predicted molar refractivity (Wildman–Crippen MR) is 93.3 cm³/mol. The second-order valence-corrected chi connectivity index (χ2v) is 8.39. The van der Waals surface area contributed by atoms with Crippen LogP contribution in [0, 0.1) is 6.92 Å². The number of carbonyl (C=O) groups is 1. The van der Waals surface area contributed by atoms with Crippen LogP contribution in [0.1, 0.15) is 37.5 Å². The molecule has 0 bridgehead atoms. The van der Waals surface area contributed by atoms with Crippen molar-refractivity contribution < 1.29 is 17.4 Å². The average Bonchev–Trinajstić information content (AvgIpc) is 2.46. The van der Waals surface area contributed by atoms with Crippen LogP contribution in [0.5, 0.6) is 0 Å². The summed E-state index contributed by atoms with van der Waals surface area (Å²) >= 11 is 0. The van der Waals surface area contributed by atoms with Crippen molar-refractivity contribution in [3.8, 4) is 0 Å². The molecule has 0 aromatic heterocycles. The Kier molecular flexibility index (Phi) is 5.13. The maximum absolute atomic E-state index is 12.1. The molecule has 0 heterocycles. The van der Waals surface area contributed by atoms with Crippen molar-refractivity contribution >= 4 is 16.1 Å². The first kappa shape index (κ1) is 18.2. The van der Waals surface area contributed by atoms with Crippen LogP contribution in [0.2, 0.25) is 0 Å². The van der Waals surface area contributed by atoms with Gasteiger partial charge >= 0.3 is 16.1 Å². The summed E-state index contributed by atoms with van der Waals surface area (Å²) in [4.78, 5) is 11.9. The van der Waals surface area contributed by atoms with Gasteiger partial charge in [0.05, 0.1) is 6.42 Å². The summed E-state index contributed by atoms with van der Waals surface area (Å²) in [6.07, 6.45) is -0.0878.